The molecule has 0 spiro atoms. The van der Waals surface area contributed by atoms with Crippen molar-refractivity contribution < 1.29 is 4.79 Å². The van der Waals surface area contributed by atoms with Crippen LogP contribution in [0.5, 0.6) is 0 Å². The third kappa shape index (κ3) is 4.03. The maximum Gasteiger partial charge on any atom is 0.275 e. The van der Waals surface area contributed by atoms with E-state index in [0.29, 0.717) is 5.70 Å². The first-order valence-corrected chi connectivity index (χ1v) is 11.7. The van der Waals surface area contributed by atoms with Gasteiger partial charge in [-0.15, -0.1) is 0 Å². The molecule has 0 saturated heterocycles. The third-order valence-electron chi connectivity index (χ3n) is 6.46. The molecule has 0 saturated carbocycles. The van der Waals surface area contributed by atoms with Crippen molar-refractivity contribution >= 4 is 28.1 Å². The van der Waals surface area contributed by atoms with Crippen LogP contribution in [0, 0.1) is 0 Å². The van der Waals surface area contributed by atoms with E-state index in [0.717, 1.165) is 35.2 Å². The summed E-state index contributed by atoms with van der Waals surface area (Å²) in [6.45, 7) is 4.28. The topological polar surface area (TPSA) is 32.3 Å². The van der Waals surface area contributed by atoms with Crippen LogP contribution in [0.15, 0.2) is 103 Å². The van der Waals surface area contributed by atoms with Gasteiger partial charge in [0.1, 0.15) is 5.70 Å². The number of rotatable bonds is 6. The van der Waals surface area contributed by atoms with E-state index in [1.54, 1.807) is 0 Å². The molecule has 5 rings (SSSR count). The van der Waals surface area contributed by atoms with E-state index in [-0.39, 0.29) is 11.9 Å². The van der Waals surface area contributed by atoms with Gasteiger partial charge in [-0.2, -0.15) is 0 Å². The Balaban J connectivity index is 1.58. The van der Waals surface area contributed by atoms with Crippen molar-refractivity contribution in [2.45, 2.75) is 32.7 Å². The number of benzene rings is 4. The van der Waals surface area contributed by atoms with Crippen LogP contribution >= 0.6 is 0 Å². The average Bonchev–Trinajstić information content (AvgIpc) is 3.19. The quantitative estimate of drug-likeness (QED) is 0.354. The molecule has 4 aromatic rings. The van der Waals surface area contributed by atoms with E-state index in [1.807, 2.05) is 17.0 Å². The molecule has 0 unspecified atom stereocenters. The van der Waals surface area contributed by atoms with Gasteiger partial charge in [0.15, 0.2) is 0 Å². The number of nitrogens with one attached hydrogen (secondary N) is 1. The second kappa shape index (κ2) is 8.95. The first kappa shape index (κ1) is 21.0. The van der Waals surface area contributed by atoms with Crippen molar-refractivity contribution in [2.24, 2.45) is 0 Å². The molecular formula is C30H28N2O. The Kier molecular flexibility index (Phi) is 5.70. The van der Waals surface area contributed by atoms with E-state index in [4.69, 9.17) is 0 Å². The minimum Gasteiger partial charge on any atom is -0.351 e. The lowest BCUT2D eigenvalue weighted by Gasteiger charge is -2.26. The maximum absolute atomic E-state index is 13.7. The Morgan fingerprint density at radius 1 is 0.758 bits per heavy atom. The summed E-state index contributed by atoms with van der Waals surface area (Å²) in [4.78, 5) is 15.6. The monoisotopic (exact) mass is 432 g/mol. The Bertz CT molecular complexity index is 1310. The number of anilines is 2. The lowest BCUT2D eigenvalue weighted by molar-refractivity contribution is -0.114. The van der Waals surface area contributed by atoms with Gasteiger partial charge in [0.2, 0.25) is 0 Å². The summed E-state index contributed by atoms with van der Waals surface area (Å²) < 4.78 is 0. The number of hydrogen-bond acceptors (Lipinski definition) is 2. The summed E-state index contributed by atoms with van der Waals surface area (Å²) in [5.41, 5.74) is 6.10. The molecule has 0 aromatic heterocycles. The van der Waals surface area contributed by atoms with Crippen LogP contribution in [0.2, 0.25) is 0 Å². The van der Waals surface area contributed by atoms with E-state index < -0.39 is 0 Å². The molecule has 4 aromatic carbocycles. The van der Waals surface area contributed by atoms with Crippen molar-refractivity contribution in [3.63, 3.8) is 0 Å². The van der Waals surface area contributed by atoms with Crippen LogP contribution in [0.4, 0.5) is 11.4 Å². The zero-order valence-corrected chi connectivity index (χ0v) is 19.1. The highest BCUT2D eigenvalue weighted by Crippen LogP contribution is 2.39. The van der Waals surface area contributed by atoms with Crippen LogP contribution in [0.1, 0.15) is 36.6 Å². The summed E-state index contributed by atoms with van der Waals surface area (Å²) in [6.07, 6.45) is 4.03. The molecular weight excluding hydrogens is 404 g/mol. The SMILES string of the molecule is CCc1ccc(NC2=C[C@@H](c3cccc4ccccc34)N(c3ccc(CC)cc3)C2=O)cc1. The number of carbonyl (C=O) groups excluding carboxylic acids is 1. The highest BCUT2D eigenvalue weighted by atomic mass is 16.2. The Morgan fingerprint density at radius 2 is 1.39 bits per heavy atom. The van der Waals surface area contributed by atoms with E-state index in [2.05, 4.69) is 104 Å². The van der Waals surface area contributed by atoms with Gasteiger partial charge in [-0.3, -0.25) is 9.69 Å². The van der Waals surface area contributed by atoms with Gasteiger partial charge in [0, 0.05) is 11.4 Å². The molecule has 1 amide bonds. The van der Waals surface area contributed by atoms with Gasteiger partial charge in [0.05, 0.1) is 6.04 Å². The molecule has 3 heteroatoms. The number of nitrogens with zero attached hydrogens (tertiary/aromatic N) is 1. The lowest BCUT2D eigenvalue weighted by Crippen LogP contribution is -2.30. The molecule has 164 valence electrons. The zero-order chi connectivity index (χ0) is 22.8. The number of fused-ring (bicyclic) bond motifs is 1. The fourth-order valence-electron chi connectivity index (χ4n) is 4.54. The minimum atomic E-state index is -0.187. The molecule has 0 radical (unpaired) electrons. The van der Waals surface area contributed by atoms with Gasteiger partial charge in [0.25, 0.3) is 5.91 Å². The molecule has 1 aliphatic heterocycles. The van der Waals surface area contributed by atoms with E-state index in [1.165, 1.54) is 16.5 Å². The smallest absolute Gasteiger partial charge is 0.275 e. The molecule has 1 N–H and O–H groups in total. The minimum absolute atomic E-state index is 0.0169. The van der Waals surface area contributed by atoms with Gasteiger partial charge in [-0.25, -0.2) is 0 Å². The number of carbonyl (C=O) groups is 1. The predicted molar refractivity (Wildman–Crippen MR) is 138 cm³/mol. The standard InChI is InChI=1S/C30H28N2O/c1-3-21-12-16-24(17-13-21)31-28-20-29(27-11-7-9-23-8-5-6-10-26(23)27)32(30(28)33)25-18-14-22(4-2)15-19-25/h5-20,29,31H,3-4H2,1-2H3/t29-/m0/s1. The Labute approximate surface area is 195 Å². The normalized spacial score (nSPS) is 15.7. The van der Waals surface area contributed by atoms with Crippen molar-refractivity contribution in [1.82, 2.24) is 0 Å². The van der Waals surface area contributed by atoms with E-state index >= 15 is 0 Å². The summed E-state index contributed by atoms with van der Waals surface area (Å²) in [6, 6.07) is 31.1. The van der Waals surface area contributed by atoms with Crippen molar-refractivity contribution in [2.75, 3.05) is 10.2 Å². The second-order valence-electron chi connectivity index (χ2n) is 8.46. The zero-order valence-electron chi connectivity index (χ0n) is 19.1. The summed E-state index contributed by atoms with van der Waals surface area (Å²) in [7, 11) is 0. The summed E-state index contributed by atoms with van der Waals surface area (Å²) >= 11 is 0. The molecule has 3 nitrogen and oxygen atoms in total. The van der Waals surface area contributed by atoms with Crippen molar-refractivity contribution in [1.29, 1.82) is 0 Å². The van der Waals surface area contributed by atoms with E-state index in [9.17, 15) is 4.79 Å². The van der Waals surface area contributed by atoms with Gasteiger partial charge in [-0.1, -0.05) is 80.6 Å². The van der Waals surface area contributed by atoms with Crippen LogP contribution in [0.25, 0.3) is 10.8 Å². The van der Waals surface area contributed by atoms with Crippen LogP contribution in [-0.2, 0) is 17.6 Å². The van der Waals surface area contributed by atoms with Gasteiger partial charge in [-0.05, 0) is 70.6 Å². The van der Waals surface area contributed by atoms with Gasteiger partial charge >= 0.3 is 0 Å². The third-order valence-corrected chi connectivity index (χ3v) is 6.46. The number of amides is 1. The van der Waals surface area contributed by atoms with Gasteiger partial charge < -0.3 is 5.32 Å². The Hall–Kier alpha value is -3.85. The maximum atomic E-state index is 13.7. The molecule has 33 heavy (non-hydrogen) atoms. The number of hydrogen-bond donors (Lipinski definition) is 1. The molecule has 1 heterocycles. The first-order chi connectivity index (χ1) is 16.2. The fourth-order valence-corrected chi connectivity index (χ4v) is 4.54. The van der Waals surface area contributed by atoms with Crippen LogP contribution < -0.4 is 10.2 Å². The molecule has 1 atom stereocenters. The Morgan fingerprint density at radius 3 is 2.09 bits per heavy atom. The summed E-state index contributed by atoms with van der Waals surface area (Å²) in [5.74, 6) is -0.0169. The average molecular weight is 433 g/mol. The summed E-state index contributed by atoms with van der Waals surface area (Å²) in [5, 5.41) is 5.72. The van der Waals surface area contributed by atoms with Crippen LogP contribution in [0.3, 0.4) is 0 Å². The van der Waals surface area contributed by atoms with Crippen molar-refractivity contribution in [3.05, 3.63) is 119 Å². The molecule has 0 fully saturated rings. The van der Waals surface area contributed by atoms with Crippen molar-refractivity contribution in [3.8, 4) is 0 Å². The molecule has 0 aliphatic carbocycles. The lowest BCUT2D eigenvalue weighted by atomic mass is 9.98. The number of aryl methyl sites for hydroxylation is 2. The first-order valence-electron chi connectivity index (χ1n) is 11.7. The highest BCUT2D eigenvalue weighted by Gasteiger charge is 2.35. The second-order valence-corrected chi connectivity index (χ2v) is 8.46. The molecule has 1 aliphatic rings. The molecule has 0 bridgehead atoms. The fraction of sp³-hybridized carbons (Fsp3) is 0.167. The predicted octanol–water partition coefficient (Wildman–Crippen LogP) is 7.05. The largest absolute Gasteiger partial charge is 0.351 e. The van der Waals surface area contributed by atoms with Crippen LogP contribution in [-0.4, -0.2) is 5.91 Å². The highest BCUT2D eigenvalue weighted by molar-refractivity contribution is 6.11.